The second-order valence-electron chi connectivity index (χ2n) is 7.56. The Morgan fingerprint density at radius 3 is 1.09 bits per heavy atom. The fourth-order valence-corrected chi connectivity index (χ4v) is 2.08. The average molecular weight is 473 g/mol. The van der Waals surface area contributed by atoms with Gasteiger partial charge in [0.05, 0.1) is 51.7 Å². The molecule has 0 saturated heterocycles. The van der Waals surface area contributed by atoms with Crippen molar-refractivity contribution < 1.29 is 47.9 Å². The first-order valence-corrected chi connectivity index (χ1v) is 10.4. The first kappa shape index (κ1) is 30.5. The minimum Gasteiger partial charge on any atom is -0.460 e. The Kier molecular flexibility index (Phi) is 15.7. The Bertz CT molecular complexity index is 594. The summed E-state index contributed by atoms with van der Waals surface area (Å²) in [5.74, 6) is -1.56. The standard InChI is InChI=1S/C23H36O10/c1-17(2)20(25)31-10-7-28-14-23(13-24,15-29-8-11-32-21(26)18(3)4)16-30-9-12-33-22(27)19(5)6/h24H,1,3,5,7-16H2,2,4,6H3. The molecule has 0 rings (SSSR count). The van der Waals surface area contributed by atoms with Gasteiger partial charge in [-0.15, -0.1) is 0 Å². The summed E-state index contributed by atoms with van der Waals surface area (Å²) in [6, 6.07) is 0. The van der Waals surface area contributed by atoms with Gasteiger partial charge >= 0.3 is 17.9 Å². The summed E-state index contributed by atoms with van der Waals surface area (Å²) in [5, 5.41) is 10.00. The van der Waals surface area contributed by atoms with Gasteiger partial charge in [-0.1, -0.05) is 19.7 Å². The molecular formula is C23H36O10. The Hall–Kier alpha value is -2.53. The minimum atomic E-state index is -0.949. The van der Waals surface area contributed by atoms with E-state index in [1.54, 1.807) is 0 Å². The number of aliphatic hydroxyl groups excluding tert-OH is 1. The number of carbonyl (C=O) groups is 3. The molecule has 33 heavy (non-hydrogen) atoms. The molecule has 0 heterocycles. The van der Waals surface area contributed by atoms with Crippen molar-refractivity contribution in [2.45, 2.75) is 20.8 Å². The van der Waals surface area contributed by atoms with Crippen LogP contribution in [0, 0.1) is 5.41 Å². The van der Waals surface area contributed by atoms with Crippen LogP contribution in [0.15, 0.2) is 36.5 Å². The molecule has 0 unspecified atom stereocenters. The number of carbonyl (C=O) groups excluding carboxylic acids is 3. The van der Waals surface area contributed by atoms with Gasteiger partial charge in [0.2, 0.25) is 0 Å². The van der Waals surface area contributed by atoms with Crippen LogP contribution in [0.3, 0.4) is 0 Å². The van der Waals surface area contributed by atoms with Crippen molar-refractivity contribution >= 4 is 17.9 Å². The molecule has 0 radical (unpaired) electrons. The molecule has 10 heteroatoms. The molecule has 10 nitrogen and oxygen atoms in total. The molecular weight excluding hydrogens is 436 g/mol. The normalized spacial score (nSPS) is 10.9. The van der Waals surface area contributed by atoms with Crippen molar-refractivity contribution in [3.8, 4) is 0 Å². The van der Waals surface area contributed by atoms with Crippen molar-refractivity contribution in [2.24, 2.45) is 5.41 Å². The van der Waals surface area contributed by atoms with Crippen molar-refractivity contribution in [1.82, 2.24) is 0 Å². The van der Waals surface area contributed by atoms with Crippen LogP contribution < -0.4 is 0 Å². The van der Waals surface area contributed by atoms with Crippen LogP contribution in [0.4, 0.5) is 0 Å². The van der Waals surface area contributed by atoms with Gasteiger partial charge in [-0.05, 0) is 20.8 Å². The van der Waals surface area contributed by atoms with E-state index < -0.39 is 23.3 Å². The third kappa shape index (κ3) is 14.3. The van der Waals surface area contributed by atoms with Gasteiger partial charge in [0.15, 0.2) is 0 Å². The maximum absolute atomic E-state index is 11.4. The Morgan fingerprint density at radius 1 is 0.606 bits per heavy atom. The summed E-state index contributed by atoms with van der Waals surface area (Å²) in [5.41, 5.74) is -0.113. The number of rotatable bonds is 19. The molecule has 0 atom stereocenters. The number of ether oxygens (including phenoxy) is 6. The monoisotopic (exact) mass is 472 g/mol. The Morgan fingerprint density at radius 2 is 0.879 bits per heavy atom. The first-order chi connectivity index (χ1) is 15.5. The van der Waals surface area contributed by atoms with Crippen LogP contribution in [0.25, 0.3) is 0 Å². The summed E-state index contributed by atoms with van der Waals surface area (Å²) in [6.45, 7) is 15.2. The second kappa shape index (κ2) is 17.0. The van der Waals surface area contributed by atoms with E-state index >= 15 is 0 Å². The quantitative estimate of drug-likeness (QED) is 0.127. The Balaban J connectivity index is 4.64. The van der Waals surface area contributed by atoms with Crippen LogP contribution in [0.1, 0.15) is 20.8 Å². The number of esters is 3. The maximum Gasteiger partial charge on any atom is 0.333 e. The van der Waals surface area contributed by atoms with Gasteiger partial charge in [-0.25, -0.2) is 14.4 Å². The SMILES string of the molecule is C=C(C)C(=O)OCCOCC(CO)(COCCOC(=O)C(=C)C)COCCOC(=O)C(=C)C. The van der Waals surface area contributed by atoms with Crippen LogP contribution in [-0.4, -0.2) is 89.1 Å². The lowest BCUT2D eigenvalue weighted by atomic mass is 9.92. The number of aliphatic hydroxyl groups is 1. The van der Waals surface area contributed by atoms with E-state index in [9.17, 15) is 19.5 Å². The topological polar surface area (TPSA) is 127 Å². The molecule has 0 aromatic heterocycles. The molecule has 188 valence electrons. The first-order valence-electron chi connectivity index (χ1n) is 10.4. The largest absolute Gasteiger partial charge is 0.460 e. The van der Waals surface area contributed by atoms with E-state index in [1.807, 2.05) is 0 Å². The summed E-state index contributed by atoms with van der Waals surface area (Å²) in [6.07, 6.45) is 0. The fourth-order valence-electron chi connectivity index (χ4n) is 2.08. The molecule has 0 aliphatic rings. The van der Waals surface area contributed by atoms with Gasteiger partial charge < -0.3 is 33.5 Å². The molecule has 0 aromatic rings. The number of hydrogen-bond acceptors (Lipinski definition) is 10. The summed E-state index contributed by atoms with van der Waals surface area (Å²) in [4.78, 5) is 34.2. The van der Waals surface area contributed by atoms with Crippen molar-refractivity contribution in [3.05, 3.63) is 36.5 Å². The molecule has 0 amide bonds. The second-order valence-corrected chi connectivity index (χ2v) is 7.56. The van der Waals surface area contributed by atoms with E-state index in [2.05, 4.69) is 19.7 Å². The van der Waals surface area contributed by atoms with Crippen molar-refractivity contribution in [1.29, 1.82) is 0 Å². The molecule has 0 aliphatic heterocycles. The smallest absolute Gasteiger partial charge is 0.333 e. The highest BCUT2D eigenvalue weighted by molar-refractivity contribution is 5.87. The lowest BCUT2D eigenvalue weighted by molar-refractivity contribution is -0.144. The van der Waals surface area contributed by atoms with Gasteiger partial charge in [0, 0.05) is 16.7 Å². The summed E-state index contributed by atoms with van der Waals surface area (Å²) in [7, 11) is 0. The zero-order chi connectivity index (χ0) is 25.3. The zero-order valence-electron chi connectivity index (χ0n) is 19.8. The van der Waals surface area contributed by atoms with Gasteiger partial charge in [0.1, 0.15) is 19.8 Å². The third-order valence-electron chi connectivity index (χ3n) is 3.99. The van der Waals surface area contributed by atoms with Gasteiger partial charge in [0.25, 0.3) is 0 Å². The molecule has 0 spiro atoms. The lowest BCUT2D eigenvalue weighted by Gasteiger charge is -2.31. The number of hydrogen-bond donors (Lipinski definition) is 1. The highest BCUT2D eigenvalue weighted by Gasteiger charge is 2.31. The van der Waals surface area contributed by atoms with E-state index in [0.29, 0.717) is 0 Å². The van der Waals surface area contributed by atoms with Gasteiger partial charge in [-0.2, -0.15) is 0 Å². The van der Waals surface area contributed by atoms with Gasteiger partial charge in [-0.3, -0.25) is 0 Å². The van der Waals surface area contributed by atoms with E-state index in [-0.39, 0.29) is 82.8 Å². The van der Waals surface area contributed by atoms with Crippen LogP contribution in [-0.2, 0) is 42.8 Å². The van der Waals surface area contributed by atoms with E-state index in [4.69, 9.17) is 28.4 Å². The fraction of sp³-hybridized carbons (Fsp3) is 0.609. The minimum absolute atomic E-state index is 0.0165. The van der Waals surface area contributed by atoms with Crippen LogP contribution in [0.5, 0.6) is 0 Å². The maximum atomic E-state index is 11.4. The van der Waals surface area contributed by atoms with E-state index in [0.717, 1.165) is 0 Å². The molecule has 0 bridgehead atoms. The van der Waals surface area contributed by atoms with E-state index in [1.165, 1.54) is 20.8 Å². The molecule has 0 aromatic carbocycles. The molecule has 1 N–H and O–H groups in total. The zero-order valence-corrected chi connectivity index (χ0v) is 19.8. The molecule has 0 saturated carbocycles. The predicted molar refractivity (Wildman–Crippen MR) is 119 cm³/mol. The van der Waals surface area contributed by atoms with Crippen molar-refractivity contribution in [3.63, 3.8) is 0 Å². The third-order valence-corrected chi connectivity index (χ3v) is 3.99. The summed E-state index contributed by atoms with van der Waals surface area (Å²) >= 11 is 0. The molecule has 0 aliphatic carbocycles. The Labute approximate surface area is 195 Å². The highest BCUT2D eigenvalue weighted by Crippen LogP contribution is 2.19. The summed E-state index contributed by atoms with van der Waals surface area (Å²) < 4.78 is 31.5. The van der Waals surface area contributed by atoms with Crippen LogP contribution >= 0.6 is 0 Å². The molecule has 0 fully saturated rings. The lowest BCUT2D eigenvalue weighted by Crippen LogP contribution is -2.41. The van der Waals surface area contributed by atoms with Crippen LogP contribution in [0.2, 0.25) is 0 Å². The average Bonchev–Trinajstić information content (AvgIpc) is 2.76. The highest BCUT2D eigenvalue weighted by atomic mass is 16.6. The predicted octanol–water partition coefficient (Wildman–Crippen LogP) is 1.37. The van der Waals surface area contributed by atoms with Crippen molar-refractivity contribution in [2.75, 3.05) is 66.1 Å².